The Morgan fingerprint density at radius 3 is 1.85 bits per heavy atom. The number of rotatable bonds is 4. The second-order valence-electron chi connectivity index (χ2n) is 3.97. The normalized spacial score (nSPS) is 9.90. The zero-order chi connectivity index (χ0) is 14.2. The molecule has 0 aromatic heterocycles. The van der Waals surface area contributed by atoms with Crippen LogP contribution in [0.4, 0.5) is 0 Å². The van der Waals surface area contributed by atoms with Crippen LogP contribution in [0.2, 0.25) is 0 Å². The Morgan fingerprint density at radius 2 is 1.30 bits per heavy atom. The molecule has 0 aliphatic rings. The van der Waals surface area contributed by atoms with Crippen LogP contribution in [-0.2, 0) is 11.4 Å². The molecule has 0 aliphatic heterocycles. The predicted molar refractivity (Wildman–Crippen MR) is 73.6 cm³/mol. The van der Waals surface area contributed by atoms with Crippen LogP contribution in [0.3, 0.4) is 0 Å². The lowest BCUT2D eigenvalue weighted by Gasteiger charge is -1.99. The quantitative estimate of drug-likeness (QED) is 0.627. The molecule has 0 amide bonds. The van der Waals surface area contributed by atoms with Crippen LogP contribution in [0.5, 0.6) is 0 Å². The zero-order valence-electron chi connectivity index (χ0n) is 10.6. The third kappa shape index (κ3) is 3.69. The first-order chi connectivity index (χ1) is 9.81. The van der Waals surface area contributed by atoms with Crippen LogP contribution < -0.4 is 0 Å². The van der Waals surface area contributed by atoms with Crippen LogP contribution in [0, 0.1) is 22.7 Å². The van der Waals surface area contributed by atoms with Gasteiger partial charge >= 0.3 is 0 Å². The number of hydrogen-bond donors (Lipinski definition) is 0. The van der Waals surface area contributed by atoms with E-state index >= 15 is 0 Å². The molecule has 0 atom stereocenters. The number of nitrogens with zero attached hydrogens (tertiary/aromatic N) is 3. The van der Waals surface area contributed by atoms with Gasteiger partial charge in [0.25, 0.3) is 0 Å². The molecule has 20 heavy (non-hydrogen) atoms. The minimum Gasteiger partial charge on any atom is -0.390 e. The molecule has 0 spiro atoms. The third-order valence-electron chi connectivity index (χ3n) is 2.57. The van der Waals surface area contributed by atoms with Gasteiger partial charge in [0.1, 0.15) is 12.8 Å². The van der Waals surface area contributed by atoms with Crippen molar-refractivity contribution in [1.82, 2.24) is 0 Å². The van der Waals surface area contributed by atoms with Crippen molar-refractivity contribution in [3.8, 4) is 12.1 Å². The minimum absolute atomic E-state index is 0.314. The smallest absolute Gasteiger partial charge is 0.142 e. The SMILES string of the molecule is N#Cc1ccc(/[C]=N\OCc2ccc(C#N)cc2)cc1. The molecule has 0 saturated carbocycles. The van der Waals surface area contributed by atoms with Gasteiger partial charge in [0.05, 0.1) is 23.3 Å². The molecule has 4 nitrogen and oxygen atoms in total. The van der Waals surface area contributed by atoms with Crippen molar-refractivity contribution < 1.29 is 4.84 Å². The van der Waals surface area contributed by atoms with E-state index in [9.17, 15) is 0 Å². The standard InChI is InChI=1S/C16H10N3O/c17-9-13-1-5-15(6-2-13)11-19-20-12-16-7-3-14(10-18)4-8-16/h1-8H,12H2. The second kappa shape index (κ2) is 6.72. The van der Waals surface area contributed by atoms with E-state index < -0.39 is 0 Å². The Morgan fingerprint density at radius 1 is 0.800 bits per heavy atom. The molecular weight excluding hydrogens is 250 g/mol. The van der Waals surface area contributed by atoms with Crippen molar-refractivity contribution >= 4 is 6.21 Å². The van der Waals surface area contributed by atoms with Crippen LogP contribution in [0.1, 0.15) is 22.3 Å². The highest BCUT2D eigenvalue weighted by Gasteiger charge is 1.94. The molecule has 0 N–H and O–H groups in total. The van der Waals surface area contributed by atoms with Gasteiger partial charge in [-0.2, -0.15) is 10.5 Å². The van der Waals surface area contributed by atoms with Gasteiger partial charge in [-0.15, -0.1) is 0 Å². The van der Waals surface area contributed by atoms with Gasteiger partial charge in [0.15, 0.2) is 0 Å². The Hall–Kier alpha value is -3.11. The molecule has 0 bridgehead atoms. The first kappa shape index (κ1) is 13.3. The fraction of sp³-hybridized carbons (Fsp3) is 0.0625. The van der Waals surface area contributed by atoms with Crippen LogP contribution in [-0.4, -0.2) is 6.21 Å². The summed E-state index contributed by atoms with van der Waals surface area (Å²) in [6, 6.07) is 18.1. The summed E-state index contributed by atoms with van der Waals surface area (Å²) in [7, 11) is 0. The molecule has 0 fully saturated rings. The molecule has 2 rings (SSSR count). The summed E-state index contributed by atoms with van der Waals surface area (Å²) in [5, 5.41) is 21.1. The van der Waals surface area contributed by atoms with Crippen molar-refractivity contribution in [2.24, 2.45) is 5.16 Å². The van der Waals surface area contributed by atoms with E-state index in [4.69, 9.17) is 15.4 Å². The maximum absolute atomic E-state index is 8.68. The van der Waals surface area contributed by atoms with Crippen LogP contribution >= 0.6 is 0 Å². The van der Waals surface area contributed by atoms with Gasteiger partial charge < -0.3 is 4.84 Å². The first-order valence-electron chi connectivity index (χ1n) is 5.89. The second-order valence-corrected chi connectivity index (χ2v) is 3.97. The Labute approximate surface area is 117 Å². The molecule has 0 unspecified atom stereocenters. The van der Waals surface area contributed by atoms with Gasteiger partial charge in [-0.1, -0.05) is 29.4 Å². The topological polar surface area (TPSA) is 69.2 Å². The van der Waals surface area contributed by atoms with Crippen molar-refractivity contribution in [3.05, 3.63) is 70.8 Å². The molecule has 2 aromatic carbocycles. The molecule has 95 valence electrons. The van der Waals surface area contributed by atoms with Gasteiger partial charge in [-0.05, 0) is 29.8 Å². The Bertz CT molecular complexity index is 674. The lowest BCUT2D eigenvalue weighted by molar-refractivity contribution is 0.132. The fourth-order valence-electron chi connectivity index (χ4n) is 1.49. The van der Waals surface area contributed by atoms with Gasteiger partial charge in [0, 0.05) is 5.56 Å². The van der Waals surface area contributed by atoms with Gasteiger partial charge in [-0.25, -0.2) is 0 Å². The molecule has 0 heterocycles. The van der Waals surface area contributed by atoms with E-state index in [1.54, 1.807) is 36.4 Å². The maximum atomic E-state index is 8.68. The zero-order valence-corrected chi connectivity index (χ0v) is 10.6. The first-order valence-corrected chi connectivity index (χ1v) is 5.89. The average Bonchev–Trinajstić information content (AvgIpc) is 2.53. The molecule has 0 saturated heterocycles. The highest BCUT2D eigenvalue weighted by Crippen LogP contribution is 2.05. The minimum atomic E-state index is 0.314. The lowest BCUT2D eigenvalue weighted by atomic mass is 10.2. The van der Waals surface area contributed by atoms with E-state index in [1.165, 1.54) is 0 Å². The number of benzene rings is 2. The predicted octanol–water partition coefficient (Wildman–Crippen LogP) is 2.86. The summed E-state index contributed by atoms with van der Waals surface area (Å²) in [6.07, 6.45) is 2.73. The number of nitriles is 2. The molecule has 0 aliphatic carbocycles. The fourth-order valence-corrected chi connectivity index (χ4v) is 1.49. The molecule has 2 aromatic rings. The highest BCUT2D eigenvalue weighted by molar-refractivity contribution is 5.79. The average molecular weight is 260 g/mol. The summed E-state index contributed by atoms with van der Waals surface area (Å²) < 4.78 is 0. The monoisotopic (exact) mass is 260 g/mol. The molecule has 4 heteroatoms. The molecule has 1 radical (unpaired) electrons. The van der Waals surface area contributed by atoms with Gasteiger partial charge in [-0.3, -0.25) is 0 Å². The van der Waals surface area contributed by atoms with E-state index in [0.717, 1.165) is 11.1 Å². The largest absolute Gasteiger partial charge is 0.390 e. The maximum Gasteiger partial charge on any atom is 0.142 e. The van der Waals surface area contributed by atoms with Crippen molar-refractivity contribution in [1.29, 1.82) is 10.5 Å². The van der Waals surface area contributed by atoms with E-state index in [-0.39, 0.29) is 0 Å². The summed E-state index contributed by atoms with van der Waals surface area (Å²) in [4.78, 5) is 5.12. The third-order valence-corrected chi connectivity index (χ3v) is 2.57. The molecular formula is C16H10N3O. The highest BCUT2D eigenvalue weighted by atomic mass is 16.6. The van der Waals surface area contributed by atoms with E-state index in [2.05, 4.69) is 17.4 Å². The van der Waals surface area contributed by atoms with Crippen LogP contribution in [0.25, 0.3) is 0 Å². The van der Waals surface area contributed by atoms with Gasteiger partial charge in [0.2, 0.25) is 0 Å². The summed E-state index contributed by atoms with van der Waals surface area (Å²) in [6.45, 7) is 0.314. The Kier molecular flexibility index (Phi) is 4.48. The van der Waals surface area contributed by atoms with Crippen LogP contribution in [0.15, 0.2) is 53.7 Å². The van der Waals surface area contributed by atoms with E-state index in [1.807, 2.05) is 18.2 Å². The van der Waals surface area contributed by atoms with E-state index in [0.29, 0.717) is 17.7 Å². The Balaban J connectivity index is 1.86. The van der Waals surface area contributed by atoms with Crippen molar-refractivity contribution in [3.63, 3.8) is 0 Å². The lowest BCUT2D eigenvalue weighted by Crippen LogP contribution is -1.88. The van der Waals surface area contributed by atoms with Crippen molar-refractivity contribution in [2.75, 3.05) is 0 Å². The summed E-state index contributed by atoms with van der Waals surface area (Å²) in [5.74, 6) is 0. The number of hydrogen-bond acceptors (Lipinski definition) is 4. The summed E-state index contributed by atoms with van der Waals surface area (Å²) >= 11 is 0. The van der Waals surface area contributed by atoms with Crippen molar-refractivity contribution in [2.45, 2.75) is 6.61 Å². The summed E-state index contributed by atoms with van der Waals surface area (Å²) in [5.41, 5.74) is 2.87.